The molecule has 0 amide bonds. The molecule has 0 aliphatic carbocycles. The van der Waals surface area contributed by atoms with Gasteiger partial charge in [0, 0.05) is 6.42 Å². The van der Waals surface area contributed by atoms with Crippen LogP contribution in [0.2, 0.25) is 0 Å². The summed E-state index contributed by atoms with van der Waals surface area (Å²) in [5.41, 5.74) is 17.3. The van der Waals surface area contributed by atoms with Crippen LogP contribution in [-0.2, 0) is 6.42 Å². The average molecular weight is 388 g/mol. The van der Waals surface area contributed by atoms with Crippen LogP contribution in [0.1, 0.15) is 22.4 Å². The van der Waals surface area contributed by atoms with E-state index in [4.69, 9.17) is 11.5 Å². The molecule has 2 heterocycles. The summed E-state index contributed by atoms with van der Waals surface area (Å²) in [6, 6.07) is 11.2. The zero-order valence-corrected chi connectivity index (χ0v) is 16.0. The Morgan fingerprint density at radius 3 is 2.48 bits per heavy atom. The summed E-state index contributed by atoms with van der Waals surface area (Å²) < 4.78 is 0. The monoisotopic (exact) mass is 388 g/mol. The largest absolute Gasteiger partial charge is 0.382 e. The van der Waals surface area contributed by atoms with Gasteiger partial charge in [-0.1, -0.05) is 18.2 Å². The number of fused-ring (bicyclic) bond motifs is 1. The molecule has 0 aliphatic rings. The Hall–Kier alpha value is -4.01. The lowest BCUT2D eigenvalue weighted by Gasteiger charge is -2.07. The maximum absolute atomic E-state index is 12.4. The topological polar surface area (TPSA) is 151 Å². The zero-order valence-electron chi connectivity index (χ0n) is 16.0. The first-order valence-electron chi connectivity index (χ1n) is 9.01. The van der Waals surface area contributed by atoms with E-state index in [-0.39, 0.29) is 17.2 Å². The van der Waals surface area contributed by atoms with Crippen molar-refractivity contribution < 1.29 is 0 Å². The first-order valence-corrected chi connectivity index (χ1v) is 9.01. The van der Waals surface area contributed by atoms with Gasteiger partial charge in [-0.15, -0.1) is 5.11 Å². The molecule has 29 heavy (non-hydrogen) atoms. The van der Waals surface area contributed by atoms with Crippen molar-refractivity contribution in [3.8, 4) is 0 Å². The van der Waals surface area contributed by atoms with E-state index < -0.39 is 0 Å². The van der Waals surface area contributed by atoms with Gasteiger partial charge in [0.1, 0.15) is 11.5 Å². The number of nitrogens with zero attached hydrogens (tertiary/aromatic N) is 4. The average Bonchev–Trinajstić information content (AvgIpc) is 3.03. The molecule has 0 saturated heterocycles. The van der Waals surface area contributed by atoms with Crippen LogP contribution in [0.5, 0.6) is 0 Å². The predicted molar refractivity (Wildman–Crippen MR) is 113 cm³/mol. The molecule has 0 radical (unpaired) electrons. The van der Waals surface area contributed by atoms with Crippen LogP contribution in [0, 0.1) is 13.8 Å². The van der Waals surface area contributed by atoms with Crippen molar-refractivity contribution in [3.05, 3.63) is 69.1 Å². The van der Waals surface area contributed by atoms with E-state index in [9.17, 15) is 4.79 Å². The van der Waals surface area contributed by atoms with Crippen LogP contribution in [0.3, 0.4) is 0 Å². The van der Waals surface area contributed by atoms with Crippen LogP contribution >= 0.6 is 0 Å². The number of aromatic amines is 2. The van der Waals surface area contributed by atoms with E-state index in [2.05, 4.69) is 30.4 Å². The fourth-order valence-corrected chi connectivity index (χ4v) is 3.00. The van der Waals surface area contributed by atoms with Crippen LogP contribution in [0.4, 0.5) is 23.0 Å². The van der Waals surface area contributed by atoms with Crippen LogP contribution < -0.4 is 17.0 Å². The van der Waals surface area contributed by atoms with Crippen molar-refractivity contribution in [2.24, 2.45) is 10.2 Å². The van der Waals surface area contributed by atoms with Gasteiger partial charge < -0.3 is 16.5 Å². The lowest BCUT2D eigenvalue weighted by molar-refractivity contribution is 1.02. The maximum Gasteiger partial charge on any atom is 0.270 e. The van der Waals surface area contributed by atoms with Crippen molar-refractivity contribution in [1.29, 1.82) is 0 Å². The normalized spacial score (nSPS) is 11.5. The SMILES string of the molecule is Cc1ccc2[nH]c(=O)c(Cc3ccc(N=Nc4c(N)n[nH]c4N)cc3)nc2c1C. The molecular formula is C20H20N8O. The zero-order chi connectivity index (χ0) is 20.5. The molecule has 0 unspecified atom stereocenters. The molecule has 0 bridgehead atoms. The number of nitrogens with two attached hydrogens (primary N) is 2. The molecule has 0 aliphatic heterocycles. The standard InChI is InChI=1S/C20H20N8O/c1-10-3-8-14-16(11(10)2)23-15(20(29)24-14)9-12-4-6-13(7-5-12)25-26-17-18(21)27-28-19(17)22/h3-8H,9H2,1-2H3,(H,24,29)(H5,21,22,27,28). The molecule has 6 N–H and O–H groups in total. The third-order valence-corrected chi connectivity index (χ3v) is 4.83. The van der Waals surface area contributed by atoms with Crippen molar-refractivity contribution in [1.82, 2.24) is 20.2 Å². The van der Waals surface area contributed by atoms with Gasteiger partial charge in [0.2, 0.25) is 0 Å². The van der Waals surface area contributed by atoms with Crippen LogP contribution in [0.25, 0.3) is 11.0 Å². The van der Waals surface area contributed by atoms with Gasteiger partial charge in [0.15, 0.2) is 11.5 Å². The lowest BCUT2D eigenvalue weighted by atomic mass is 10.1. The van der Waals surface area contributed by atoms with E-state index in [1.807, 2.05) is 38.1 Å². The van der Waals surface area contributed by atoms with E-state index in [0.717, 1.165) is 27.7 Å². The highest BCUT2D eigenvalue weighted by Crippen LogP contribution is 2.28. The number of hydrogen-bond acceptors (Lipinski definition) is 7. The summed E-state index contributed by atoms with van der Waals surface area (Å²) in [6.07, 6.45) is 0.414. The second-order valence-corrected chi connectivity index (χ2v) is 6.83. The molecule has 2 aromatic carbocycles. The minimum atomic E-state index is -0.185. The molecule has 0 spiro atoms. The Balaban J connectivity index is 1.58. The highest BCUT2D eigenvalue weighted by atomic mass is 16.1. The highest BCUT2D eigenvalue weighted by molar-refractivity contribution is 5.79. The molecular weight excluding hydrogens is 368 g/mol. The molecule has 4 aromatic rings. The van der Waals surface area contributed by atoms with Gasteiger partial charge in [0.25, 0.3) is 5.56 Å². The highest BCUT2D eigenvalue weighted by Gasteiger charge is 2.10. The fraction of sp³-hybridized carbons (Fsp3) is 0.150. The fourth-order valence-electron chi connectivity index (χ4n) is 3.00. The molecule has 9 heteroatoms. The predicted octanol–water partition coefficient (Wildman–Crippen LogP) is 3.43. The Kier molecular flexibility index (Phi) is 4.55. The summed E-state index contributed by atoms with van der Waals surface area (Å²) >= 11 is 0. The minimum absolute atomic E-state index is 0.185. The number of aromatic nitrogens is 4. The summed E-state index contributed by atoms with van der Waals surface area (Å²) in [6.45, 7) is 4.03. The summed E-state index contributed by atoms with van der Waals surface area (Å²) in [5.74, 6) is 0.449. The van der Waals surface area contributed by atoms with E-state index >= 15 is 0 Å². The summed E-state index contributed by atoms with van der Waals surface area (Å²) in [7, 11) is 0. The smallest absolute Gasteiger partial charge is 0.270 e. The molecule has 0 fully saturated rings. The minimum Gasteiger partial charge on any atom is -0.382 e. The van der Waals surface area contributed by atoms with E-state index in [0.29, 0.717) is 23.5 Å². The van der Waals surface area contributed by atoms with Gasteiger partial charge >= 0.3 is 0 Å². The van der Waals surface area contributed by atoms with Gasteiger partial charge in [-0.05, 0) is 48.7 Å². The molecule has 9 nitrogen and oxygen atoms in total. The number of hydrogen-bond donors (Lipinski definition) is 4. The second kappa shape index (κ2) is 7.19. The molecule has 4 rings (SSSR count). The summed E-state index contributed by atoms with van der Waals surface area (Å²) in [5, 5.41) is 14.5. The van der Waals surface area contributed by atoms with Gasteiger partial charge in [-0.3, -0.25) is 9.89 Å². The number of H-pyrrole nitrogens is 2. The number of nitrogens with one attached hydrogen (secondary N) is 2. The van der Waals surface area contributed by atoms with Gasteiger partial charge in [-0.25, -0.2) is 4.98 Å². The molecule has 146 valence electrons. The Morgan fingerprint density at radius 2 is 1.79 bits per heavy atom. The van der Waals surface area contributed by atoms with E-state index in [1.165, 1.54) is 0 Å². The maximum atomic E-state index is 12.4. The van der Waals surface area contributed by atoms with Crippen molar-refractivity contribution in [2.75, 3.05) is 11.5 Å². The molecule has 2 aromatic heterocycles. The third kappa shape index (κ3) is 3.57. The van der Waals surface area contributed by atoms with Crippen LogP contribution in [-0.4, -0.2) is 20.2 Å². The number of aryl methyl sites for hydroxylation is 2. The number of benzene rings is 2. The summed E-state index contributed by atoms with van der Waals surface area (Å²) in [4.78, 5) is 20.0. The van der Waals surface area contributed by atoms with Gasteiger partial charge in [0.05, 0.1) is 16.7 Å². The van der Waals surface area contributed by atoms with E-state index in [1.54, 1.807) is 12.1 Å². The van der Waals surface area contributed by atoms with Crippen molar-refractivity contribution in [3.63, 3.8) is 0 Å². The second-order valence-electron chi connectivity index (χ2n) is 6.83. The first kappa shape index (κ1) is 18.4. The number of azo groups is 1. The quantitative estimate of drug-likeness (QED) is 0.395. The Morgan fingerprint density at radius 1 is 1.03 bits per heavy atom. The molecule has 0 atom stereocenters. The lowest BCUT2D eigenvalue weighted by Crippen LogP contribution is -2.16. The Labute approximate surface area is 165 Å². The molecule has 0 saturated carbocycles. The van der Waals surface area contributed by atoms with Crippen LogP contribution in [0.15, 0.2) is 51.4 Å². The van der Waals surface area contributed by atoms with Crippen molar-refractivity contribution >= 4 is 34.0 Å². The number of nitrogen functional groups attached to an aromatic ring is 2. The first-order chi connectivity index (χ1) is 13.9. The van der Waals surface area contributed by atoms with Gasteiger partial charge in [-0.2, -0.15) is 10.2 Å². The Bertz CT molecular complexity index is 1270. The number of rotatable bonds is 4. The van der Waals surface area contributed by atoms with Crippen molar-refractivity contribution in [2.45, 2.75) is 20.3 Å². The third-order valence-electron chi connectivity index (χ3n) is 4.83. The number of anilines is 2.